The molecular weight excluding hydrogens is 793 g/mol. The second-order valence-corrected chi connectivity index (χ2v) is 12.4. The summed E-state index contributed by atoms with van der Waals surface area (Å²) < 4.78 is 8.59. The van der Waals surface area contributed by atoms with E-state index in [1.165, 1.54) is 6.21 Å². The standard InChI is InChI=1S/C29H16Br4ClN3O3/c30-17-10-8-15(9-11-17)29(39)40-27-16(12-18(31)13-22(27)33)14-35-37-28(38)26-24(19-4-1-2-7-23(19)34)20-5-3-6-21(32)25(20)36-26/h1-14,36H,(H,37,38). The molecule has 11 heteroatoms. The average molecular weight is 810 g/mol. The molecule has 0 radical (unpaired) electrons. The number of fused-ring (bicyclic) bond motifs is 1. The molecule has 0 bridgehead atoms. The molecule has 0 saturated heterocycles. The first kappa shape index (κ1) is 28.8. The van der Waals surface area contributed by atoms with E-state index in [4.69, 9.17) is 16.3 Å². The average Bonchev–Trinajstić information content (AvgIpc) is 3.32. The van der Waals surface area contributed by atoms with Crippen molar-refractivity contribution in [2.24, 2.45) is 5.10 Å². The second kappa shape index (κ2) is 12.4. The number of hydrogen-bond donors (Lipinski definition) is 2. The zero-order chi connectivity index (χ0) is 28.4. The molecule has 0 unspecified atom stereocenters. The summed E-state index contributed by atoms with van der Waals surface area (Å²) in [5, 5.41) is 5.51. The Kier molecular flexibility index (Phi) is 8.92. The second-order valence-electron chi connectivity index (χ2n) is 8.42. The Labute approximate surface area is 267 Å². The van der Waals surface area contributed by atoms with Crippen LogP contribution in [0.15, 0.2) is 102 Å². The van der Waals surface area contributed by atoms with Crippen LogP contribution < -0.4 is 10.2 Å². The summed E-state index contributed by atoms with van der Waals surface area (Å²) in [6.45, 7) is 0. The van der Waals surface area contributed by atoms with E-state index in [1.54, 1.807) is 42.5 Å². The number of H-pyrrole nitrogens is 1. The van der Waals surface area contributed by atoms with Crippen LogP contribution in [0, 0.1) is 0 Å². The van der Waals surface area contributed by atoms with E-state index in [0.717, 1.165) is 24.3 Å². The fraction of sp³-hybridized carbons (Fsp3) is 0. The van der Waals surface area contributed by atoms with Crippen LogP contribution in [0.4, 0.5) is 0 Å². The number of hydrogen-bond acceptors (Lipinski definition) is 4. The number of para-hydroxylation sites is 1. The molecule has 1 aromatic heterocycles. The van der Waals surface area contributed by atoms with Gasteiger partial charge in [0.05, 0.1) is 21.8 Å². The van der Waals surface area contributed by atoms with Crippen molar-refractivity contribution in [3.8, 4) is 16.9 Å². The summed E-state index contributed by atoms with van der Waals surface area (Å²) in [6.07, 6.45) is 1.41. The van der Waals surface area contributed by atoms with Gasteiger partial charge >= 0.3 is 5.97 Å². The van der Waals surface area contributed by atoms with Gasteiger partial charge < -0.3 is 9.72 Å². The minimum Gasteiger partial charge on any atom is -0.421 e. The number of carbonyl (C=O) groups is 2. The van der Waals surface area contributed by atoms with Gasteiger partial charge in [0, 0.05) is 40.5 Å². The predicted molar refractivity (Wildman–Crippen MR) is 172 cm³/mol. The minimum absolute atomic E-state index is 0.250. The number of carbonyl (C=O) groups excluding carboxylic acids is 2. The Hall–Kier alpha value is -2.76. The van der Waals surface area contributed by atoms with Crippen molar-refractivity contribution in [3.63, 3.8) is 0 Å². The number of esters is 1. The van der Waals surface area contributed by atoms with Crippen molar-refractivity contribution in [3.05, 3.63) is 119 Å². The van der Waals surface area contributed by atoms with Crippen molar-refractivity contribution >= 4 is 104 Å². The third-order valence-electron chi connectivity index (χ3n) is 5.83. The molecule has 0 aliphatic rings. The third-order valence-corrected chi connectivity index (χ3v) is 8.40. The van der Waals surface area contributed by atoms with E-state index in [1.807, 2.05) is 36.4 Å². The summed E-state index contributed by atoms with van der Waals surface area (Å²) in [5.74, 6) is -0.764. The van der Waals surface area contributed by atoms with Gasteiger partial charge in [0.25, 0.3) is 5.91 Å². The summed E-state index contributed by atoms with van der Waals surface area (Å²) in [7, 11) is 0. The summed E-state index contributed by atoms with van der Waals surface area (Å²) in [5.41, 5.74) is 5.83. The number of nitrogens with zero attached hydrogens (tertiary/aromatic N) is 1. The number of benzene rings is 4. The number of aromatic amines is 1. The molecule has 5 rings (SSSR count). The summed E-state index contributed by atoms with van der Waals surface area (Å²) in [6, 6.07) is 23.3. The number of hydrazone groups is 1. The topological polar surface area (TPSA) is 83.5 Å². The van der Waals surface area contributed by atoms with Gasteiger partial charge in [-0.25, -0.2) is 10.2 Å². The van der Waals surface area contributed by atoms with Crippen LogP contribution in [0.2, 0.25) is 5.02 Å². The molecule has 1 amide bonds. The zero-order valence-corrected chi connectivity index (χ0v) is 27.2. The SMILES string of the molecule is O=C(Oc1c(Br)cc(Br)cc1C=NNC(=O)c1[nH]c2c(Br)cccc2c1-c1ccccc1Cl)c1ccc(Br)cc1. The molecule has 1 heterocycles. The molecule has 0 fully saturated rings. The maximum atomic E-state index is 13.4. The normalized spacial score (nSPS) is 11.2. The number of rotatable bonds is 6. The van der Waals surface area contributed by atoms with Crippen molar-refractivity contribution in [1.29, 1.82) is 0 Å². The molecule has 0 aliphatic heterocycles. The van der Waals surface area contributed by atoms with Crippen LogP contribution in [0.3, 0.4) is 0 Å². The number of ether oxygens (including phenoxy) is 1. The van der Waals surface area contributed by atoms with E-state index >= 15 is 0 Å². The first-order valence-electron chi connectivity index (χ1n) is 11.6. The minimum atomic E-state index is -0.540. The number of amides is 1. The molecule has 0 spiro atoms. The Bertz CT molecular complexity index is 1800. The Morgan fingerprint density at radius 1 is 0.875 bits per heavy atom. The van der Waals surface area contributed by atoms with Crippen LogP contribution in [0.25, 0.3) is 22.0 Å². The number of nitrogens with one attached hydrogen (secondary N) is 2. The van der Waals surface area contributed by atoms with Crippen molar-refractivity contribution < 1.29 is 14.3 Å². The lowest BCUT2D eigenvalue weighted by Crippen LogP contribution is -2.19. The molecule has 2 N–H and O–H groups in total. The number of aromatic nitrogens is 1. The fourth-order valence-corrected chi connectivity index (χ4v) is 6.33. The highest BCUT2D eigenvalue weighted by Gasteiger charge is 2.22. The van der Waals surface area contributed by atoms with Crippen molar-refractivity contribution in [2.45, 2.75) is 0 Å². The van der Waals surface area contributed by atoms with Gasteiger partial charge in [-0.3, -0.25) is 4.79 Å². The quantitative estimate of drug-likeness (QED) is 0.0777. The van der Waals surface area contributed by atoms with Gasteiger partial charge in [-0.15, -0.1) is 0 Å². The van der Waals surface area contributed by atoms with E-state index < -0.39 is 11.9 Å². The highest BCUT2D eigenvalue weighted by atomic mass is 79.9. The van der Waals surface area contributed by atoms with Crippen LogP contribution in [0.1, 0.15) is 26.4 Å². The monoisotopic (exact) mass is 805 g/mol. The highest BCUT2D eigenvalue weighted by Crippen LogP contribution is 2.39. The zero-order valence-electron chi connectivity index (χ0n) is 20.1. The molecule has 6 nitrogen and oxygen atoms in total. The van der Waals surface area contributed by atoms with E-state index in [0.29, 0.717) is 37.4 Å². The number of halogens is 5. The van der Waals surface area contributed by atoms with Crippen LogP contribution >= 0.6 is 75.3 Å². The van der Waals surface area contributed by atoms with Crippen molar-refractivity contribution in [2.75, 3.05) is 0 Å². The van der Waals surface area contributed by atoms with E-state index in [2.05, 4.69) is 79.2 Å². The molecule has 4 aromatic carbocycles. The lowest BCUT2D eigenvalue weighted by molar-refractivity contribution is 0.0733. The molecular formula is C29H16Br4ClN3O3. The molecule has 0 saturated carbocycles. The third kappa shape index (κ3) is 6.11. The van der Waals surface area contributed by atoms with Crippen LogP contribution in [-0.4, -0.2) is 23.1 Å². The molecule has 40 heavy (non-hydrogen) atoms. The van der Waals surface area contributed by atoms with Gasteiger partial charge in [-0.05, 0) is 80.4 Å². The first-order valence-corrected chi connectivity index (χ1v) is 15.1. The molecule has 0 atom stereocenters. The van der Waals surface area contributed by atoms with E-state index in [9.17, 15) is 9.59 Å². The Morgan fingerprint density at radius 3 is 2.38 bits per heavy atom. The fourth-order valence-electron chi connectivity index (χ4n) is 4.03. The van der Waals surface area contributed by atoms with Crippen LogP contribution in [0.5, 0.6) is 5.75 Å². The Balaban J connectivity index is 1.46. The largest absolute Gasteiger partial charge is 0.421 e. The molecule has 200 valence electrons. The van der Waals surface area contributed by atoms with Gasteiger partial charge in [-0.2, -0.15) is 5.10 Å². The smallest absolute Gasteiger partial charge is 0.343 e. The molecule has 0 aliphatic carbocycles. The maximum Gasteiger partial charge on any atom is 0.343 e. The Morgan fingerprint density at radius 2 is 1.62 bits per heavy atom. The summed E-state index contributed by atoms with van der Waals surface area (Å²) in [4.78, 5) is 29.4. The van der Waals surface area contributed by atoms with Crippen LogP contribution in [-0.2, 0) is 0 Å². The summed E-state index contributed by atoms with van der Waals surface area (Å²) >= 11 is 20.3. The highest BCUT2D eigenvalue weighted by molar-refractivity contribution is 9.11. The lowest BCUT2D eigenvalue weighted by atomic mass is 10.0. The predicted octanol–water partition coefficient (Wildman–Crippen LogP) is 9.52. The molecule has 5 aromatic rings. The maximum absolute atomic E-state index is 13.4. The lowest BCUT2D eigenvalue weighted by Gasteiger charge is -2.11. The van der Waals surface area contributed by atoms with Gasteiger partial charge in [-0.1, -0.05) is 73.8 Å². The van der Waals surface area contributed by atoms with Gasteiger partial charge in [0.15, 0.2) is 5.75 Å². The van der Waals surface area contributed by atoms with Gasteiger partial charge in [0.1, 0.15) is 5.69 Å². The van der Waals surface area contributed by atoms with Crippen molar-refractivity contribution in [1.82, 2.24) is 10.4 Å². The first-order chi connectivity index (χ1) is 19.2. The van der Waals surface area contributed by atoms with E-state index in [-0.39, 0.29) is 5.75 Å². The van der Waals surface area contributed by atoms with Gasteiger partial charge in [0.2, 0.25) is 0 Å².